The summed E-state index contributed by atoms with van der Waals surface area (Å²) >= 11 is 0. The van der Waals surface area contributed by atoms with E-state index in [1.165, 1.54) is 0 Å². The lowest BCUT2D eigenvalue weighted by Crippen LogP contribution is -2.48. The molecule has 274 valence electrons. The summed E-state index contributed by atoms with van der Waals surface area (Å²) in [6.07, 6.45) is 5.93. The van der Waals surface area contributed by atoms with Gasteiger partial charge in [-0.3, -0.25) is 9.59 Å². The van der Waals surface area contributed by atoms with Crippen LogP contribution < -0.4 is 16.4 Å². The second-order valence-corrected chi connectivity index (χ2v) is 13.8. The third-order valence-corrected chi connectivity index (χ3v) is 10.0. The summed E-state index contributed by atoms with van der Waals surface area (Å²) in [6, 6.07) is 23.2. The zero-order chi connectivity index (χ0) is 35.5. The van der Waals surface area contributed by atoms with E-state index < -0.39 is 12.1 Å². The number of aliphatic hydroxyl groups excluding tert-OH is 1. The smallest absolute Gasteiger partial charge is 0.224 e. The zero-order valence-electron chi connectivity index (χ0n) is 29.4. The van der Waals surface area contributed by atoms with Gasteiger partial charge in [0, 0.05) is 63.8 Å². The van der Waals surface area contributed by atoms with Gasteiger partial charge < -0.3 is 45.3 Å². The SMILES string of the molecule is Nc1ccccc1NC(=O)CCCCCCC(=O)NCc1ccc(C2OC(CN3CCC4(CC3)OCCO4)CC(c3ccc(CO)cc3)O2)cc1. The standard InChI is InChI=1S/C40H52N4O7/c41-34-7-5-6-8-35(34)43-38(47)10-4-2-1-3-9-37(46)42-26-29-11-17-32(18-12-29)39-50-33(25-36(51-39)31-15-13-30(28-45)14-16-31)27-44-21-19-40(20-22-44)48-23-24-49-40/h5-8,11-18,33,36,39,45H,1-4,9-10,19-28,41H2,(H,42,46)(H,43,47). The minimum Gasteiger partial charge on any atom is -0.397 e. The van der Waals surface area contributed by atoms with Gasteiger partial charge in [-0.05, 0) is 41.7 Å². The zero-order valence-corrected chi connectivity index (χ0v) is 29.4. The Morgan fingerprint density at radius 1 is 0.804 bits per heavy atom. The van der Waals surface area contributed by atoms with Crippen LogP contribution in [0.5, 0.6) is 0 Å². The largest absolute Gasteiger partial charge is 0.397 e. The number of nitrogen functional groups attached to an aromatic ring is 1. The highest BCUT2D eigenvalue weighted by Crippen LogP contribution is 2.39. The molecule has 0 aromatic heterocycles. The van der Waals surface area contributed by atoms with Crippen molar-refractivity contribution in [1.82, 2.24) is 10.2 Å². The molecule has 5 N–H and O–H groups in total. The predicted molar refractivity (Wildman–Crippen MR) is 194 cm³/mol. The number of carbonyl (C=O) groups is 2. The van der Waals surface area contributed by atoms with Gasteiger partial charge in [0.05, 0.1) is 43.4 Å². The number of unbranched alkanes of at least 4 members (excludes halogenated alkanes) is 3. The van der Waals surface area contributed by atoms with E-state index in [2.05, 4.69) is 15.5 Å². The quantitative estimate of drug-likeness (QED) is 0.115. The van der Waals surface area contributed by atoms with Crippen LogP contribution in [0.1, 0.15) is 92.4 Å². The van der Waals surface area contributed by atoms with Crippen molar-refractivity contribution in [2.75, 3.05) is 43.9 Å². The highest BCUT2D eigenvalue weighted by atomic mass is 16.7. The number of benzene rings is 3. The monoisotopic (exact) mass is 700 g/mol. The van der Waals surface area contributed by atoms with Crippen molar-refractivity contribution in [3.63, 3.8) is 0 Å². The summed E-state index contributed by atoms with van der Waals surface area (Å²) in [5.41, 5.74) is 10.9. The molecule has 0 radical (unpaired) electrons. The number of piperidine rings is 1. The number of amides is 2. The molecule has 3 aliphatic heterocycles. The molecule has 11 heteroatoms. The van der Waals surface area contributed by atoms with Gasteiger partial charge in [-0.15, -0.1) is 0 Å². The molecule has 3 saturated heterocycles. The van der Waals surface area contributed by atoms with Crippen molar-refractivity contribution in [3.05, 3.63) is 95.1 Å². The second-order valence-electron chi connectivity index (χ2n) is 13.8. The van der Waals surface area contributed by atoms with E-state index >= 15 is 0 Å². The number of anilines is 2. The molecule has 3 aromatic rings. The van der Waals surface area contributed by atoms with Crippen molar-refractivity contribution >= 4 is 23.2 Å². The third-order valence-electron chi connectivity index (χ3n) is 10.0. The summed E-state index contributed by atoms with van der Waals surface area (Å²) in [6.45, 7) is 4.38. The van der Waals surface area contributed by atoms with Crippen LogP contribution in [-0.2, 0) is 41.7 Å². The first-order chi connectivity index (χ1) is 24.9. The Morgan fingerprint density at radius 2 is 1.45 bits per heavy atom. The number of carbonyl (C=O) groups excluding carboxylic acids is 2. The van der Waals surface area contributed by atoms with Gasteiger partial charge in [-0.25, -0.2) is 0 Å². The van der Waals surface area contributed by atoms with Crippen molar-refractivity contribution in [2.45, 2.75) is 95.2 Å². The van der Waals surface area contributed by atoms with E-state index in [0.717, 1.165) is 86.8 Å². The molecular formula is C40H52N4O7. The lowest BCUT2D eigenvalue weighted by atomic mass is 9.98. The van der Waals surface area contributed by atoms with Crippen LogP contribution in [0.2, 0.25) is 0 Å². The Balaban J connectivity index is 0.943. The molecule has 3 aromatic carbocycles. The van der Waals surface area contributed by atoms with Gasteiger partial charge in [-0.2, -0.15) is 0 Å². The highest BCUT2D eigenvalue weighted by molar-refractivity contribution is 5.93. The summed E-state index contributed by atoms with van der Waals surface area (Å²) in [4.78, 5) is 27.2. The number of para-hydroxylation sites is 2. The minimum atomic E-state index is -0.532. The van der Waals surface area contributed by atoms with Crippen molar-refractivity contribution < 1.29 is 33.6 Å². The molecule has 3 fully saturated rings. The molecule has 2 amide bonds. The first kappa shape index (κ1) is 36.9. The highest BCUT2D eigenvalue weighted by Gasteiger charge is 2.41. The summed E-state index contributed by atoms with van der Waals surface area (Å²) in [7, 11) is 0. The molecule has 3 atom stereocenters. The fraction of sp³-hybridized carbons (Fsp3) is 0.500. The van der Waals surface area contributed by atoms with Crippen LogP contribution in [0.3, 0.4) is 0 Å². The number of likely N-dealkylation sites (tertiary alicyclic amines) is 1. The van der Waals surface area contributed by atoms with Gasteiger partial charge in [0.25, 0.3) is 0 Å². The molecule has 0 aliphatic carbocycles. The lowest BCUT2D eigenvalue weighted by Gasteiger charge is -2.41. The van der Waals surface area contributed by atoms with Gasteiger partial charge >= 0.3 is 0 Å². The molecular weight excluding hydrogens is 648 g/mol. The number of nitrogens with zero attached hydrogens (tertiary/aromatic N) is 1. The van der Waals surface area contributed by atoms with Gasteiger partial charge in [0.2, 0.25) is 11.8 Å². The average Bonchev–Trinajstić information content (AvgIpc) is 3.62. The fourth-order valence-electron chi connectivity index (χ4n) is 7.01. The Morgan fingerprint density at radius 3 is 2.14 bits per heavy atom. The predicted octanol–water partition coefficient (Wildman–Crippen LogP) is 5.74. The second kappa shape index (κ2) is 18.1. The first-order valence-electron chi connectivity index (χ1n) is 18.4. The normalized spacial score (nSPS) is 21.8. The fourth-order valence-corrected chi connectivity index (χ4v) is 7.01. The third kappa shape index (κ3) is 10.6. The van der Waals surface area contributed by atoms with Gasteiger partial charge in [0.1, 0.15) is 0 Å². The van der Waals surface area contributed by atoms with Crippen molar-refractivity contribution in [3.8, 4) is 0 Å². The van der Waals surface area contributed by atoms with Crippen LogP contribution in [0, 0.1) is 0 Å². The maximum Gasteiger partial charge on any atom is 0.224 e. The number of nitrogens with two attached hydrogens (primary N) is 1. The summed E-state index contributed by atoms with van der Waals surface area (Å²) in [5, 5.41) is 15.4. The Labute approximate surface area is 300 Å². The van der Waals surface area contributed by atoms with Crippen molar-refractivity contribution in [2.24, 2.45) is 0 Å². The van der Waals surface area contributed by atoms with Crippen LogP contribution in [0.25, 0.3) is 0 Å². The van der Waals surface area contributed by atoms with Crippen LogP contribution in [-0.4, -0.2) is 66.6 Å². The summed E-state index contributed by atoms with van der Waals surface area (Å²) < 4.78 is 25.0. The van der Waals surface area contributed by atoms with E-state index in [1.807, 2.05) is 60.7 Å². The number of ether oxygens (including phenoxy) is 4. The Hall–Kier alpha value is -3.84. The molecule has 51 heavy (non-hydrogen) atoms. The molecule has 1 spiro atoms. The molecule has 0 saturated carbocycles. The van der Waals surface area contributed by atoms with E-state index in [9.17, 15) is 14.7 Å². The number of hydrogen-bond donors (Lipinski definition) is 4. The maximum absolute atomic E-state index is 12.5. The Bertz CT molecular complexity index is 1550. The minimum absolute atomic E-state index is 0.00480. The first-order valence-corrected chi connectivity index (χ1v) is 18.4. The molecule has 11 nitrogen and oxygen atoms in total. The maximum atomic E-state index is 12.5. The van der Waals surface area contributed by atoms with E-state index in [4.69, 9.17) is 24.7 Å². The van der Waals surface area contributed by atoms with Crippen LogP contribution in [0.4, 0.5) is 11.4 Å². The molecule has 3 aliphatic rings. The van der Waals surface area contributed by atoms with Crippen LogP contribution in [0.15, 0.2) is 72.8 Å². The molecule has 3 unspecified atom stereocenters. The van der Waals surface area contributed by atoms with Crippen molar-refractivity contribution in [1.29, 1.82) is 0 Å². The molecule has 3 heterocycles. The van der Waals surface area contributed by atoms with Gasteiger partial charge in [-0.1, -0.05) is 73.5 Å². The van der Waals surface area contributed by atoms with E-state index in [-0.39, 0.29) is 30.6 Å². The number of nitrogens with one attached hydrogen (secondary N) is 2. The Kier molecular flexibility index (Phi) is 13.1. The van der Waals surface area contributed by atoms with Gasteiger partial charge in [0.15, 0.2) is 12.1 Å². The number of rotatable bonds is 15. The van der Waals surface area contributed by atoms with E-state index in [1.54, 1.807) is 12.1 Å². The average molecular weight is 701 g/mol. The molecule has 6 rings (SSSR count). The lowest BCUT2D eigenvalue weighted by molar-refractivity contribution is -0.255. The topological polar surface area (TPSA) is 145 Å². The number of aliphatic hydroxyl groups is 1. The molecule has 0 bridgehead atoms. The van der Waals surface area contributed by atoms with Crippen LogP contribution >= 0.6 is 0 Å². The number of hydrogen-bond acceptors (Lipinski definition) is 9. The summed E-state index contributed by atoms with van der Waals surface area (Å²) in [5.74, 6) is -0.441. The van der Waals surface area contributed by atoms with E-state index in [0.29, 0.717) is 44.0 Å².